The predicted molar refractivity (Wildman–Crippen MR) is 59.3 cm³/mol. The number of halogens is 1. The number of aryl methyl sites for hydroxylation is 1. The number of benzene rings is 1. The number of rotatable bonds is 1. The highest BCUT2D eigenvalue weighted by Crippen LogP contribution is 2.32. The van der Waals surface area contributed by atoms with Gasteiger partial charge < -0.3 is 15.4 Å². The van der Waals surface area contributed by atoms with E-state index in [4.69, 9.17) is 22.4 Å². The van der Waals surface area contributed by atoms with Crippen molar-refractivity contribution in [3.63, 3.8) is 0 Å². The summed E-state index contributed by atoms with van der Waals surface area (Å²) in [6, 6.07) is 3.13. The Labute approximate surface area is 90.9 Å². The zero-order valence-corrected chi connectivity index (χ0v) is 8.75. The fourth-order valence-electron chi connectivity index (χ4n) is 1.65. The Kier molecular flexibility index (Phi) is 2.08. The predicted octanol–water partition coefficient (Wildman–Crippen LogP) is 2.11. The van der Waals surface area contributed by atoms with Crippen LogP contribution in [0.2, 0.25) is 5.02 Å². The number of carboxylic acids is 1. The molecule has 3 N–H and O–H groups in total. The molecule has 15 heavy (non-hydrogen) atoms. The Hall–Kier alpha value is -1.68. The molecule has 0 fully saturated rings. The molecule has 0 aliphatic heterocycles. The molecule has 0 atom stereocenters. The van der Waals surface area contributed by atoms with E-state index in [0.29, 0.717) is 11.1 Å². The van der Waals surface area contributed by atoms with E-state index in [2.05, 4.69) is 0 Å². The van der Waals surface area contributed by atoms with Gasteiger partial charge in [0, 0.05) is 18.6 Å². The van der Waals surface area contributed by atoms with E-state index >= 15 is 0 Å². The number of nitrogen functional groups attached to an aromatic ring is 1. The molecule has 0 bridgehead atoms. The van der Waals surface area contributed by atoms with Crippen molar-refractivity contribution < 1.29 is 9.90 Å². The normalized spacial score (nSPS) is 10.8. The first-order valence-corrected chi connectivity index (χ1v) is 4.66. The zero-order valence-electron chi connectivity index (χ0n) is 7.99. The van der Waals surface area contributed by atoms with Crippen molar-refractivity contribution in [2.75, 3.05) is 5.73 Å². The standard InChI is InChI=1S/C10H9ClN2O2/c1-13-3-2-5-8(11)6(10(14)15)4-7(12)9(5)13/h2-4H,12H2,1H3,(H,14,15). The molecule has 0 aliphatic carbocycles. The van der Waals surface area contributed by atoms with Crippen molar-refractivity contribution in [1.82, 2.24) is 4.57 Å². The lowest BCUT2D eigenvalue weighted by atomic mass is 10.1. The van der Waals surface area contributed by atoms with Gasteiger partial charge in [-0.15, -0.1) is 0 Å². The van der Waals surface area contributed by atoms with Crippen molar-refractivity contribution in [2.24, 2.45) is 7.05 Å². The lowest BCUT2D eigenvalue weighted by Gasteiger charge is -2.05. The van der Waals surface area contributed by atoms with Crippen molar-refractivity contribution in [3.05, 3.63) is 28.9 Å². The minimum atomic E-state index is -1.07. The first kappa shape index (κ1) is 9.86. The molecule has 1 heterocycles. The third-order valence-corrected chi connectivity index (χ3v) is 2.76. The van der Waals surface area contributed by atoms with Gasteiger partial charge in [-0.3, -0.25) is 0 Å². The van der Waals surface area contributed by atoms with E-state index < -0.39 is 5.97 Å². The van der Waals surface area contributed by atoms with Crippen molar-refractivity contribution in [3.8, 4) is 0 Å². The maximum Gasteiger partial charge on any atom is 0.337 e. The summed E-state index contributed by atoms with van der Waals surface area (Å²) >= 11 is 5.97. The maximum atomic E-state index is 10.9. The van der Waals surface area contributed by atoms with Gasteiger partial charge in [0.25, 0.3) is 0 Å². The summed E-state index contributed by atoms with van der Waals surface area (Å²) < 4.78 is 1.81. The van der Waals surface area contributed by atoms with Gasteiger partial charge in [0.1, 0.15) is 0 Å². The van der Waals surface area contributed by atoms with Gasteiger partial charge >= 0.3 is 5.97 Å². The number of nitrogens with two attached hydrogens (primary N) is 1. The van der Waals surface area contributed by atoms with E-state index in [1.807, 2.05) is 11.6 Å². The second-order valence-electron chi connectivity index (χ2n) is 3.32. The van der Waals surface area contributed by atoms with Crippen LogP contribution in [0.4, 0.5) is 5.69 Å². The number of aromatic carboxylic acids is 1. The molecule has 5 heteroatoms. The second kappa shape index (κ2) is 3.17. The number of carbonyl (C=O) groups is 1. The highest BCUT2D eigenvalue weighted by molar-refractivity contribution is 6.38. The Morgan fingerprint density at radius 2 is 2.27 bits per heavy atom. The quantitative estimate of drug-likeness (QED) is 0.729. The fraction of sp³-hybridized carbons (Fsp3) is 0.100. The molecule has 0 amide bonds. The van der Waals surface area contributed by atoms with Crippen LogP contribution in [-0.4, -0.2) is 15.6 Å². The third-order valence-electron chi connectivity index (χ3n) is 2.35. The lowest BCUT2D eigenvalue weighted by Crippen LogP contribution is -2.01. The van der Waals surface area contributed by atoms with E-state index in [9.17, 15) is 4.79 Å². The van der Waals surface area contributed by atoms with Crippen LogP contribution in [0.3, 0.4) is 0 Å². The topological polar surface area (TPSA) is 68.2 Å². The average molecular weight is 225 g/mol. The first-order valence-electron chi connectivity index (χ1n) is 4.28. The van der Waals surface area contributed by atoms with Crippen LogP contribution in [0.15, 0.2) is 18.3 Å². The Balaban J connectivity index is 2.92. The van der Waals surface area contributed by atoms with Crippen LogP contribution < -0.4 is 5.73 Å². The summed E-state index contributed by atoms with van der Waals surface area (Å²) in [6.07, 6.45) is 1.79. The van der Waals surface area contributed by atoms with Crippen molar-refractivity contribution >= 4 is 34.2 Å². The van der Waals surface area contributed by atoms with Gasteiger partial charge in [0.2, 0.25) is 0 Å². The summed E-state index contributed by atoms with van der Waals surface area (Å²) in [4.78, 5) is 10.9. The number of hydrogen-bond donors (Lipinski definition) is 2. The molecule has 0 spiro atoms. The molecule has 0 saturated carbocycles. The number of hydrogen-bond acceptors (Lipinski definition) is 2. The molecule has 2 aromatic rings. The number of carboxylic acid groups (broad SMARTS) is 1. The van der Waals surface area contributed by atoms with Crippen LogP contribution in [0.25, 0.3) is 10.9 Å². The smallest absolute Gasteiger partial charge is 0.337 e. The largest absolute Gasteiger partial charge is 0.478 e. The van der Waals surface area contributed by atoms with E-state index in [-0.39, 0.29) is 10.6 Å². The number of aromatic nitrogens is 1. The molecular weight excluding hydrogens is 216 g/mol. The number of fused-ring (bicyclic) bond motifs is 1. The molecule has 1 aromatic heterocycles. The molecule has 1 aromatic carbocycles. The fourth-order valence-corrected chi connectivity index (χ4v) is 1.94. The lowest BCUT2D eigenvalue weighted by molar-refractivity contribution is 0.0697. The summed E-state index contributed by atoms with van der Waals surface area (Å²) in [6.45, 7) is 0. The molecule has 0 aliphatic rings. The molecule has 0 saturated heterocycles. The van der Waals surface area contributed by atoms with Crippen LogP contribution in [0.1, 0.15) is 10.4 Å². The Morgan fingerprint density at radius 3 is 2.87 bits per heavy atom. The highest BCUT2D eigenvalue weighted by atomic mass is 35.5. The Bertz CT molecular complexity index is 560. The molecule has 4 nitrogen and oxygen atoms in total. The second-order valence-corrected chi connectivity index (χ2v) is 3.70. The van der Waals surface area contributed by atoms with Gasteiger partial charge in [-0.25, -0.2) is 4.79 Å². The van der Waals surface area contributed by atoms with Crippen molar-refractivity contribution in [1.29, 1.82) is 0 Å². The van der Waals surface area contributed by atoms with Crippen LogP contribution in [-0.2, 0) is 7.05 Å². The van der Waals surface area contributed by atoms with Gasteiger partial charge in [-0.05, 0) is 12.1 Å². The zero-order chi connectivity index (χ0) is 11.2. The summed E-state index contributed by atoms with van der Waals surface area (Å²) in [5.74, 6) is -1.07. The molecule has 78 valence electrons. The number of nitrogens with zero attached hydrogens (tertiary/aromatic N) is 1. The summed E-state index contributed by atoms with van der Waals surface area (Å²) in [5, 5.41) is 9.80. The third kappa shape index (κ3) is 1.34. The molecular formula is C10H9ClN2O2. The van der Waals surface area contributed by atoms with Gasteiger partial charge in [0.05, 0.1) is 21.8 Å². The monoisotopic (exact) mass is 224 g/mol. The highest BCUT2D eigenvalue weighted by Gasteiger charge is 2.15. The maximum absolute atomic E-state index is 10.9. The molecule has 2 rings (SSSR count). The summed E-state index contributed by atoms with van der Waals surface area (Å²) in [7, 11) is 1.83. The first-order chi connectivity index (χ1) is 7.02. The van der Waals surface area contributed by atoms with Gasteiger partial charge in [0.15, 0.2) is 0 Å². The van der Waals surface area contributed by atoms with Crippen LogP contribution >= 0.6 is 11.6 Å². The van der Waals surface area contributed by atoms with Crippen molar-refractivity contribution in [2.45, 2.75) is 0 Å². The van der Waals surface area contributed by atoms with E-state index in [1.54, 1.807) is 12.3 Å². The van der Waals surface area contributed by atoms with Gasteiger partial charge in [-0.2, -0.15) is 0 Å². The molecule has 0 radical (unpaired) electrons. The van der Waals surface area contributed by atoms with Crippen LogP contribution in [0, 0.1) is 0 Å². The van der Waals surface area contributed by atoms with E-state index in [1.165, 1.54) is 6.07 Å². The average Bonchev–Trinajstić information content (AvgIpc) is 2.54. The minimum Gasteiger partial charge on any atom is -0.478 e. The summed E-state index contributed by atoms with van der Waals surface area (Å²) in [5.41, 5.74) is 6.97. The van der Waals surface area contributed by atoms with Crippen LogP contribution in [0.5, 0.6) is 0 Å². The number of anilines is 1. The SMILES string of the molecule is Cn1ccc2c(Cl)c(C(=O)O)cc(N)c21. The Morgan fingerprint density at radius 1 is 1.60 bits per heavy atom. The van der Waals surface area contributed by atoms with E-state index in [0.717, 1.165) is 5.52 Å². The molecule has 0 unspecified atom stereocenters. The minimum absolute atomic E-state index is 0.0351. The van der Waals surface area contributed by atoms with Gasteiger partial charge in [-0.1, -0.05) is 11.6 Å².